The van der Waals surface area contributed by atoms with E-state index in [1.54, 1.807) is 28.8 Å². The van der Waals surface area contributed by atoms with Crippen LogP contribution in [-0.4, -0.2) is 41.6 Å². The minimum absolute atomic E-state index is 0.0564. The van der Waals surface area contributed by atoms with Gasteiger partial charge < -0.3 is 4.90 Å². The summed E-state index contributed by atoms with van der Waals surface area (Å²) < 4.78 is 27.0. The molecule has 0 spiro atoms. The fourth-order valence-corrected chi connectivity index (χ4v) is 5.77. The molecule has 6 nitrogen and oxygen atoms in total. The zero-order valence-corrected chi connectivity index (χ0v) is 20.4. The molecule has 2 aromatic carbocycles. The van der Waals surface area contributed by atoms with Gasteiger partial charge in [-0.2, -0.15) is 4.31 Å². The second-order valence-corrected chi connectivity index (χ2v) is 10.7. The van der Waals surface area contributed by atoms with Crippen LogP contribution in [0.5, 0.6) is 0 Å². The quantitative estimate of drug-likeness (QED) is 0.460. The van der Waals surface area contributed by atoms with Gasteiger partial charge in [0.15, 0.2) is 0 Å². The minimum atomic E-state index is -3.42. The fraction of sp³-hybridized carbons (Fsp3) is 0.333. The molecule has 0 bridgehead atoms. The molecule has 178 valence electrons. The van der Waals surface area contributed by atoms with Gasteiger partial charge in [-0.25, -0.2) is 8.42 Å². The lowest BCUT2D eigenvalue weighted by molar-refractivity contribution is -0.132. The fourth-order valence-electron chi connectivity index (χ4n) is 4.25. The summed E-state index contributed by atoms with van der Waals surface area (Å²) in [5, 5.41) is 0. The minimum Gasteiger partial charge on any atom is -0.334 e. The molecule has 1 aliphatic heterocycles. The van der Waals surface area contributed by atoms with Crippen LogP contribution < -0.4 is 0 Å². The number of aromatic nitrogens is 1. The number of carbonyl (C=O) groups is 1. The number of carbonyl (C=O) groups excluding carboxylic acids is 1. The van der Waals surface area contributed by atoms with Crippen molar-refractivity contribution >= 4 is 15.9 Å². The van der Waals surface area contributed by atoms with Crippen LogP contribution in [0, 0.1) is 6.92 Å². The zero-order valence-electron chi connectivity index (χ0n) is 19.6. The molecular weight excluding hydrogens is 446 g/mol. The van der Waals surface area contributed by atoms with Crippen LogP contribution in [0.4, 0.5) is 0 Å². The molecule has 0 saturated carbocycles. The predicted molar refractivity (Wildman–Crippen MR) is 132 cm³/mol. The Morgan fingerprint density at radius 3 is 2.35 bits per heavy atom. The molecule has 1 aromatic heterocycles. The molecule has 7 heteroatoms. The van der Waals surface area contributed by atoms with Crippen molar-refractivity contribution in [2.24, 2.45) is 0 Å². The van der Waals surface area contributed by atoms with Crippen molar-refractivity contribution in [3.63, 3.8) is 0 Å². The summed E-state index contributed by atoms with van der Waals surface area (Å²) >= 11 is 0. The van der Waals surface area contributed by atoms with Gasteiger partial charge >= 0.3 is 0 Å². The van der Waals surface area contributed by atoms with E-state index in [-0.39, 0.29) is 5.91 Å². The van der Waals surface area contributed by atoms with Crippen LogP contribution in [0.15, 0.2) is 78.0 Å². The van der Waals surface area contributed by atoms with Crippen molar-refractivity contribution in [3.8, 4) is 0 Å². The summed E-state index contributed by atoms with van der Waals surface area (Å²) in [6.07, 6.45) is 6.25. The molecular formula is C27H31N3O3S. The lowest BCUT2D eigenvalue weighted by atomic mass is 10.1. The number of nitrogens with zero attached hydrogens (tertiary/aromatic N) is 3. The Morgan fingerprint density at radius 1 is 0.941 bits per heavy atom. The molecule has 0 N–H and O–H groups in total. The summed E-state index contributed by atoms with van der Waals surface area (Å²) in [6, 6.07) is 18.9. The summed E-state index contributed by atoms with van der Waals surface area (Å²) in [6.45, 7) is 4.26. The van der Waals surface area contributed by atoms with Gasteiger partial charge in [-0.15, -0.1) is 0 Å². The first-order valence-corrected chi connectivity index (χ1v) is 13.2. The molecule has 0 unspecified atom stereocenters. The standard InChI is InChI=1S/C27H31N3O3S/c1-22-7-2-3-9-25(22)21-29(20-24-8-6-16-28-19-24)27(31)15-12-23-10-13-26(14-11-23)34(32,33)30-17-4-5-18-30/h2-3,6-11,13-14,16,19H,4-5,12,15,17-18,20-21H2,1H3. The monoisotopic (exact) mass is 477 g/mol. The Hall–Kier alpha value is -3.03. The molecule has 1 aliphatic rings. The third kappa shape index (κ3) is 5.90. The zero-order chi connectivity index (χ0) is 24.0. The Morgan fingerprint density at radius 2 is 1.68 bits per heavy atom. The first-order valence-electron chi connectivity index (χ1n) is 11.7. The summed E-state index contributed by atoms with van der Waals surface area (Å²) in [5.74, 6) is 0.0564. The number of hydrogen-bond acceptors (Lipinski definition) is 4. The number of rotatable bonds is 9. The van der Waals surface area contributed by atoms with Gasteiger partial charge in [0.1, 0.15) is 0 Å². The highest BCUT2D eigenvalue weighted by atomic mass is 32.2. The molecule has 0 aliphatic carbocycles. The van der Waals surface area contributed by atoms with Gasteiger partial charge in [0.05, 0.1) is 4.90 Å². The van der Waals surface area contributed by atoms with Crippen LogP contribution in [0.2, 0.25) is 0 Å². The van der Waals surface area contributed by atoms with Gasteiger partial charge in [0, 0.05) is 45.0 Å². The van der Waals surface area contributed by atoms with Crippen LogP contribution >= 0.6 is 0 Å². The van der Waals surface area contributed by atoms with Crippen LogP contribution in [0.25, 0.3) is 0 Å². The summed E-state index contributed by atoms with van der Waals surface area (Å²) in [4.78, 5) is 19.6. The first-order chi connectivity index (χ1) is 16.4. The van der Waals surface area contributed by atoms with Crippen LogP contribution in [0.1, 0.15) is 41.5 Å². The van der Waals surface area contributed by atoms with Gasteiger partial charge in [0.2, 0.25) is 15.9 Å². The predicted octanol–water partition coefficient (Wildman–Crippen LogP) is 4.34. The molecule has 1 saturated heterocycles. The van der Waals surface area contributed by atoms with Crippen molar-refractivity contribution in [1.29, 1.82) is 0 Å². The Balaban J connectivity index is 1.43. The van der Waals surface area contributed by atoms with Gasteiger partial charge in [-0.3, -0.25) is 9.78 Å². The topological polar surface area (TPSA) is 70.6 Å². The third-order valence-corrected chi connectivity index (χ3v) is 8.24. The summed E-state index contributed by atoms with van der Waals surface area (Å²) in [7, 11) is -3.42. The van der Waals surface area contributed by atoms with Crippen molar-refractivity contribution in [3.05, 3.63) is 95.3 Å². The van der Waals surface area contributed by atoms with Crippen molar-refractivity contribution in [2.75, 3.05) is 13.1 Å². The second kappa shape index (κ2) is 10.9. The van der Waals surface area contributed by atoms with E-state index in [0.29, 0.717) is 43.9 Å². The Kier molecular flexibility index (Phi) is 7.75. The lowest BCUT2D eigenvalue weighted by Gasteiger charge is -2.24. The Bertz CT molecular complexity index is 1210. The molecule has 0 atom stereocenters. The second-order valence-electron chi connectivity index (χ2n) is 8.79. The number of amides is 1. The summed E-state index contributed by atoms with van der Waals surface area (Å²) in [5.41, 5.74) is 4.21. The van der Waals surface area contributed by atoms with Crippen molar-refractivity contribution < 1.29 is 13.2 Å². The van der Waals surface area contributed by atoms with E-state index in [0.717, 1.165) is 35.1 Å². The average Bonchev–Trinajstić information content (AvgIpc) is 3.40. The van der Waals surface area contributed by atoms with E-state index >= 15 is 0 Å². The van der Waals surface area contributed by atoms with Crippen molar-refractivity contribution in [1.82, 2.24) is 14.2 Å². The van der Waals surface area contributed by atoms with Crippen LogP contribution in [0.3, 0.4) is 0 Å². The van der Waals surface area contributed by atoms with E-state index in [1.807, 2.05) is 41.3 Å². The number of aryl methyl sites for hydroxylation is 2. The van der Waals surface area contributed by atoms with E-state index in [1.165, 1.54) is 0 Å². The smallest absolute Gasteiger partial charge is 0.243 e. The molecule has 1 amide bonds. The van der Waals surface area contributed by atoms with E-state index < -0.39 is 10.0 Å². The highest BCUT2D eigenvalue weighted by Crippen LogP contribution is 2.22. The third-order valence-electron chi connectivity index (χ3n) is 6.33. The molecule has 0 radical (unpaired) electrons. The maximum atomic E-state index is 13.2. The average molecular weight is 478 g/mol. The number of sulfonamides is 1. The van der Waals surface area contributed by atoms with Crippen molar-refractivity contribution in [2.45, 2.75) is 50.6 Å². The van der Waals surface area contributed by atoms with Gasteiger partial charge in [0.25, 0.3) is 0 Å². The maximum Gasteiger partial charge on any atom is 0.243 e. The number of pyridine rings is 1. The normalized spacial score (nSPS) is 14.3. The molecule has 2 heterocycles. The number of hydrogen-bond donors (Lipinski definition) is 0. The maximum absolute atomic E-state index is 13.2. The first kappa shape index (κ1) is 24.1. The highest BCUT2D eigenvalue weighted by Gasteiger charge is 2.27. The molecule has 34 heavy (non-hydrogen) atoms. The molecule has 4 rings (SSSR count). The van der Waals surface area contributed by atoms with Gasteiger partial charge in [-0.05, 0) is 66.6 Å². The van der Waals surface area contributed by atoms with E-state index in [9.17, 15) is 13.2 Å². The van der Waals surface area contributed by atoms with Gasteiger partial charge in [-0.1, -0.05) is 42.5 Å². The Labute approximate surface area is 202 Å². The highest BCUT2D eigenvalue weighted by molar-refractivity contribution is 7.89. The number of benzene rings is 2. The van der Waals surface area contributed by atoms with E-state index in [2.05, 4.69) is 24.0 Å². The van der Waals surface area contributed by atoms with E-state index in [4.69, 9.17) is 0 Å². The SMILES string of the molecule is Cc1ccccc1CN(Cc1cccnc1)C(=O)CCc1ccc(S(=O)(=O)N2CCCC2)cc1. The van der Waals surface area contributed by atoms with Crippen LogP contribution in [-0.2, 0) is 34.3 Å². The lowest BCUT2D eigenvalue weighted by Crippen LogP contribution is -2.30. The molecule has 3 aromatic rings. The largest absolute Gasteiger partial charge is 0.334 e. The molecule has 1 fully saturated rings.